The number of anilines is 1. The molecule has 4 nitrogen and oxygen atoms in total. The minimum Gasteiger partial charge on any atom is -0.492 e. The van der Waals surface area contributed by atoms with Crippen LogP contribution in [0.25, 0.3) is 11.3 Å². The first-order valence-electron chi connectivity index (χ1n) is 7.97. The molecule has 6 heteroatoms. The highest BCUT2D eigenvalue weighted by atomic mass is 35.5. The van der Waals surface area contributed by atoms with E-state index in [-0.39, 0.29) is 0 Å². The van der Waals surface area contributed by atoms with Gasteiger partial charge in [0.1, 0.15) is 5.75 Å². The summed E-state index contributed by atoms with van der Waals surface area (Å²) in [5.41, 5.74) is 8.27. The first kappa shape index (κ1) is 16.1. The van der Waals surface area contributed by atoms with Crippen molar-refractivity contribution in [2.75, 3.05) is 12.0 Å². The first-order valence-corrected chi connectivity index (χ1v) is 9.23. The molecule has 3 aromatic rings. The Labute approximate surface area is 155 Å². The minimum atomic E-state index is 0.643. The Morgan fingerprint density at radius 2 is 2.04 bits per heavy atom. The van der Waals surface area contributed by atoms with E-state index < -0.39 is 0 Å². The molecule has 0 bridgehead atoms. The van der Waals surface area contributed by atoms with E-state index >= 15 is 0 Å². The number of nitrogens with one attached hydrogen (secondary N) is 1. The number of ether oxygens (including phenoxy) is 1. The van der Waals surface area contributed by atoms with Gasteiger partial charge < -0.3 is 4.74 Å². The van der Waals surface area contributed by atoms with Gasteiger partial charge >= 0.3 is 0 Å². The van der Waals surface area contributed by atoms with Crippen molar-refractivity contribution in [2.24, 2.45) is 5.10 Å². The van der Waals surface area contributed by atoms with Crippen LogP contribution in [0.1, 0.15) is 17.5 Å². The molecule has 1 aliphatic rings. The van der Waals surface area contributed by atoms with Crippen molar-refractivity contribution < 1.29 is 4.74 Å². The van der Waals surface area contributed by atoms with Gasteiger partial charge in [0.2, 0.25) is 5.13 Å². The van der Waals surface area contributed by atoms with Gasteiger partial charge in [-0.1, -0.05) is 35.4 Å². The van der Waals surface area contributed by atoms with Gasteiger partial charge in [-0.25, -0.2) is 4.98 Å². The van der Waals surface area contributed by atoms with Crippen LogP contribution in [-0.4, -0.2) is 17.3 Å². The number of nitrogens with zero attached hydrogens (tertiary/aromatic N) is 2. The van der Waals surface area contributed by atoms with Gasteiger partial charge in [-0.3, -0.25) is 5.43 Å². The molecule has 0 radical (unpaired) electrons. The van der Waals surface area contributed by atoms with Crippen LogP contribution in [0.5, 0.6) is 5.75 Å². The molecule has 0 fully saturated rings. The Morgan fingerprint density at radius 3 is 2.88 bits per heavy atom. The highest BCUT2D eigenvalue weighted by Crippen LogP contribution is 2.28. The summed E-state index contributed by atoms with van der Waals surface area (Å²) >= 11 is 7.46. The maximum atomic E-state index is 5.93. The van der Waals surface area contributed by atoms with E-state index in [2.05, 4.69) is 34.6 Å². The predicted molar refractivity (Wildman–Crippen MR) is 104 cm³/mol. The van der Waals surface area contributed by atoms with E-state index in [9.17, 15) is 0 Å². The second-order valence-corrected chi connectivity index (χ2v) is 7.11. The molecule has 1 N–H and O–H groups in total. The van der Waals surface area contributed by atoms with Crippen molar-refractivity contribution in [3.8, 4) is 17.0 Å². The third-order valence-corrected chi connectivity index (χ3v) is 4.97. The number of hydrazone groups is 1. The van der Waals surface area contributed by atoms with E-state index in [1.54, 1.807) is 0 Å². The van der Waals surface area contributed by atoms with Gasteiger partial charge in [0.25, 0.3) is 0 Å². The van der Waals surface area contributed by atoms with Crippen LogP contribution >= 0.6 is 22.9 Å². The van der Waals surface area contributed by atoms with E-state index in [0.717, 1.165) is 44.9 Å². The lowest BCUT2D eigenvalue weighted by Gasteiger charge is -2.19. The zero-order valence-corrected chi connectivity index (χ0v) is 15.2. The smallest absolute Gasteiger partial charge is 0.203 e. The fourth-order valence-electron chi connectivity index (χ4n) is 2.70. The van der Waals surface area contributed by atoms with E-state index in [0.29, 0.717) is 6.61 Å². The van der Waals surface area contributed by atoms with Gasteiger partial charge in [0.05, 0.1) is 18.0 Å². The predicted octanol–water partition coefficient (Wildman–Crippen LogP) is 5.37. The third kappa shape index (κ3) is 3.52. The van der Waals surface area contributed by atoms with Crippen LogP contribution in [0.15, 0.2) is 52.9 Å². The molecule has 0 aliphatic carbocycles. The summed E-state index contributed by atoms with van der Waals surface area (Å²) in [4.78, 5) is 4.59. The Kier molecular flexibility index (Phi) is 4.42. The summed E-state index contributed by atoms with van der Waals surface area (Å²) in [7, 11) is 0. The number of halogens is 1. The van der Waals surface area contributed by atoms with Crippen molar-refractivity contribution in [2.45, 2.75) is 13.3 Å². The summed E-state index contributed by atoms with van der Waals surface area (Å²) in [5, 5.41) is 8.06. The highest BCUT2D eigenvalue weighted by molar-refractivity contribution is 7.14. The molecule has 1 aromatic heterocycles. The topological polar surface area (TPSA) is 46.5 Å². The molecule has 2 heterocycles. The Hall–Kier alpha value is -2.37. The van der Waals surface area contributed by atoms with Crippen LogP contribution in [0.2, 0.25) is 5.02 Å². The van der Waals surface area contributed by atoms with Crippen LogP contribution in [-0.2, 0) is 0 Å². The van der Waals surface area contributed by atoms with E-state index in [1.807, 2.05) is 35.7 Å². The maximum Gasteiger partial charge on any atom is 0.203 e. The molecule has 2 aromatic carbocycles. The van der Waals surface area contributed by atoms with E-state index in [4.69, 9.17) is 16.3 Å². The van der Waals surface area contributed by atoms with Crippen LogP contribution in [0, 0.1) is 6.92 Å². The van der Waals surface area contributed by atoms with E-state index in [1.165, 1.54) is 16.9 Å². The van der Waals surface area contributed by atoms with Crippen molar-refractivity contribution in [1.82, 2.24) is 4.98 Å². The maximum absolute atomic E-state index is 5.93. The summed E-state index contributed by atoms with van der Waals surface area (Å²) in [6.07, 6.45) is 0.777. The molecule has 126 valence electrons. The SMILES string of the molecule is Cc1ccc2c(c1)/C(=N/Nc1nc(-c3ccc(Cl)cc3)cs1)CCO2. The molecule has 1 aliphatic heterocycles. The molecular formula is C19H16ClN3OS. The van der Waals surface area contributed by atoms with Gasteiger partial charge in [0.15, 0.2) is 0 Å². The normalized spacial score (nSPS) is 14.9. The van der Waals surface area contributed by atoms with Crippen molar-refractivity contribution >= 4 is 33.8 Å². The number of hydrogen-bond acceptors (Lipinski definition) is 5. The van der Waals surface area contributed by atoms with Crippen molar-refractivity contribution in [3.63, 3.8) is 0 Å². The first-order chi connectivity index (χ1) is 12.2. The summed E-state index contributed by atoms with van der Waals surface area (Å²) < 4.78 is 5.70. The van der Waals surface area contributed by atoms with Gasteiger partial charge in [-0.05, 0) is 31.2 Å². The van der Waals surface area contributed by atoms with Crippen LogP contribution < -0.4 is 10.2 Å². The third-order valence-electron chi connectivity index (χ3n) is 3.97. The van der Waals surface area contributed by atoms with Gasteiger partial charge in [-0.15, -0.1) is 11.3 Å². The number of benzene rings is 2. The molecule has 25 heavy (non-hydrogen) atoms. The molecule has 0 amide bonds. The molecule has 0 saturated carbocycles. The van der Waals surface area contributed by atoms with Crippen molar-refractivity contribution in [1.29, 1.82) is 0 Å². The fraction of sp³-hybridized carbons (Fsp3) is 0.158. The largest absolute Gasteiger partial charge is 0.492 e. The number of rotatable bonds is 3. The second kappa shape index (κ2) is 6.86. The number of aryl methyl sites for hydroxylation is 1. The standard InChI is InChI=1S/C19H16ClN3OS/c1-12-2-7-18-15(10-12)16(8-9-24-18)22-23-19-21-17(11-25-19)13-3-5-14(20)6-4-13/h2-7,10-11H,8-9H2,1H3,(H,21,23)/b22-16+. The molecule has 0 spiro atoms. The lowest BCUT2D eigenvalue weighted by atomic mass is 10.0. The van der Waals surface area contributed by atoms with Crippen LogP contribution in [0.4, 0.5) is 5.13 Å². The summed E-state index contributed by atoms with van der Waals surface area (Å²) in [5.74, 6) is 0.887. The highest BCUT2D eigenvalue weighted by Gasteiger charge is 2.17. The number of thiazole rings is 1. The molecule has 0 saturated heterocycles. The summed E-state index contributed by atoms with van der Waals surface area (Å²) in [6.45, 7) is 2.71. The molecule has 0 unspecified atom stereocenters. The van der Waals surface area contributed by atoms with Crippen LogP contribution in [0.3, 0.4) is 0 Å². The number of fused-ring (bicyclic) bond motifs is 1. The van der Waals surface area contributed by atoms with Crippen molar-refractivity contribution in [3.05, 3.63) is 64.0 Å². The monoisotopic (exact) mass is 369 g/mol. The average Bonchev–Trinajstić information content (AvgIpc) is 3.09. The number of aromatic nitrogens is 1. The Balaban J connectivity index is 1.55. The zero-order valence-electron chi connectivity index (χ0n) is 13.6. The number of hydrogen-bond donors (Lipinski definition) is 1. The van der Waals surface area contributed by atoms with Gasteiger partial charge in [0, 0.05) is 28.0 Å². The summed E-state index contributed by atoms with van der Waals surface area (Å²) in [6, 6.07) is 13.8. The molecular weight excluding hydrogens is 354 g/mol. The molecule has 4 rings (SSSR count). The second-order valence-electron chi connectivity index (χ2n) is 5.81. The Morgan fingerprint density at radius 1 is 1.20 bits per heavy atom. The lowest BCUT2D eigenvalue weighted by molar-refractivity contribution is 0.320. The van der Waals surface area contributed by atoms with Gasteiger partial charge in [-0.2, -0.15) is 5.10 Å². The lowest BCUT2D eigenvalue weighted by Crippen LogP contribution is -2.17. The minimum absolute atomic E-state index is 0.643. The molecule has 0 atom stereocenters. The average molecular weight is 370 g/mol. The zero-order chi connectivity index (χ0) is 17.2. The Bertz CT molecular complexity index is 934. The fourth-order valence-corrected chi connectivity index (χ4v) is 3.48. The quantitative estimate of drug-likeness (QED) is 0.631.